The fourth-order valence-electron chi connectivity index (χ4n) is 6.24. The number of aliphatic carboxylic acids is 1. The Bertz CT molecular complexity index is 903. The molecule has 0 aliphatic carbocycles. The van der Waals surface area contributed by atoms with Crippen molar-refractivity contribution in [3.05, 3.63) is 12.2 Å². The summed E-state index contributed by atoms with van der Waals surface area (Å²) >= 11 is 0. The molecule has 2 unspecified atom stereocenters. The van der Waals surface area contributed by atoms with Crippen molar-refractivity contribution >= 4 is 17.9 Å². The van der Waals surface area contributed by atoms with Crippen LogP contribution in [0, 0.1) is 0 Å². The number of likely N-dealkylation sites (N-methyl/N-ethyl adjacent to an activating group) is 1. The molecule has 0 aliphatic heterocycles. The Morgan fingerprint density at radius 1 is 0.537 bits per heavy atom. The molecule has 0 saturated heterocycles. The Kier molecular flexibility index (Phi) is 36.5. The van der Waals surface area contributed by atoms with E-state index in [0.29, 0.717) is 23.9 Å². The molecule has 0 aromatic heterocycles. The van der Waals surface area contributed by atoms with E-state index >= 15 is 0 Å². The summed E-state index contributed by atoms with van der Waals surface area (Å²) in [6.07, 6.45) is 35.5. The van der Waals surface area contributed by atoms with Crippen molar-refractivity contribution in [2.75, 3.05) is 47.5 Å². The molecule has 0 aromatic rings. The lowest BCUT2D eigenvalue weighted by Crippen LogP contribution is -2.40. The van der Waals surface area contributed by atoms with Crippen molar-refractivity contribution in [3.63, 3.8) is 0 Å². The highest BCUT2D eigenvalue weighted by atomic mass is 16.7. The monoisotopic (exact) mass is 769 g/mol. The van der Waals surface area contributed by atoms with Crippen LogP contribution in [0.25, 0.3) is 0 Å². The van der Waals surface area contributed by atoms with Gasteiger partial charge in [0.15, 0.2) is 6.10 Å². The number of ether oxygens (including phenoxy) is 4. The molecular formula is C45H86NO8+. The SMILES string of the molecule is CCCCC/C=C\CCCCCCCC(=O)OC(COC(=O)CCCCCCCCCCCCCCCCCCC)COC(OCC[N+](C)(C)C)C(=O)O. The maximum atomic E-state index is 12.7. The van der Waals surface area contributed by atoms with Gasteiger partial charge in [-0.3, -0.25) is 9.59 Å². The molecular weight excluding hydrogens is 682 g/mol. The van der Waals surface area contributed by atoms with Gasteiger partial charge in [-0.15, -0.1) is 0 Å². The smallest absolute Gasteiger partial charge is 0.361 e. The maximum Gasteiger partial charge on any atom is 0.361 e. The molecule has 9 heteroatoms. The summed E-state index contributed by atoms with van der Waals surface area (Å²) in [4.78, 5) is 37.0. The molecule has 0 spiro atoms. The van der Waals surface area contributed by atoms with E-state index in [-0.39, 0.29) is 32.2 Å². The van der Waals surface area contributed by atoms with Gasteiger partial charge in [0, 0.05) is 12.8 Å². The summed E-state index contributed by atoms with van der Waals surface area (Å²) in [7, 11) is 5.95. The lowest BCUT2D eigenvalue weighted by molar-refractivity contribution is -0.870. The number of unbranched alkanes of at least 4 members (excludes halogenated alkanes) is 24. The molecule has 0 heterocycles. The standard InChI is InChI=1S/C45H85NO8/c1-6-8-10-12-14-16-18-20-21-22-23-24-26-27-29-31-33-35-42(47)52-39-41(40-53-45(44(49)50)51-38-37-46(3,4)5)54-43(48)36-34-32-30-28-25-19-17-15-13-11-9-7-2/h15,17,41,45H,6-14,16,18-40H2,1-5H3/p+1/b17-15-. The molecule has 0 aromatic carbocycles. The molecule has 2 atom stereocenters. The van der Waals surface area contributed by atoms with Gasteiger partial charge in [-0.2, -0.15) is 0 Å². The van der Waals surface area contributed by atoms with Gasteiger partial charge in [-0.1, -0.05) is 161 Å². The molecule has 0 radical (unpaired) electrons. The van der Waals surface area contributed by atoms with Crippen LogP contribution in [0.5, 0.6) is 0 Å². The Hall–Kier alpha value is -1.97. The van der Waals surface area contributed by atoms with Crippen LogP contribution in [0.4, 0.5) is 0 Å². The number of carboxylic acids is 1. The number of rotatable bonds is 41. The fourth-order valence-corrected chi connectivity index (χ4v) is 6.24. The zero-order chi connectivity index (χ0) is 40.0. The summed E-state index contributed by atoms with van der Waals surface area (Å²) in [6.45, 7) is 4.85. The second-order valence-electron chi connectivity index (χ2n) is 16.4. The largest absolute Gasteiger partial charge is 0.477 e. The molecule has 0 fully saturated rings. The van der Waals surface area contributed by atoms with Gasteiger partial charge in [0.2, 0.25) is 0 Å². The van der Waals surface area contributed by atoms with Gasteiger partial charge >= 0.3 is 17.9 Å². The highest BCUT2D eigenvalue weighted by Gasteiger charge is 2.25. The van der Waals surface area contributed by atoms with E-state index < -0.39 is 24.3 Å². The Morgan fingerprint density at radius 2 is 0.944 bits per heavy atom. The molecule has 9 nitrogen and oxygen atoms in total. The maximum absolute atomic E-state index is 12.7. The first kappa shape index (κ1) is 52.0. The van der Waals surface area contributed by atoms with E-state index in [9.17, 15) is 19.5 Å². The third-order valence-electron chi connectivity index (χ3n) is 9.77. The molecule has 0 rings (SSSR count). The number of hydrogen-bond donors (Lipinski definition) is 1. The Labute approximate surface area is 332 Å². The number of carbonyl (C=O) groups excluding carboxylic acids is 2. The first-order valence-electron chi connectivity index (χ1n) is 22.4. The third kappa shape index (κ3) is 38.3. The van der Waals surface area contributed by atoms with Crippen molar-refractivity contribution in [2.24, 2.45) is 0 Å². The van der Waals surface area contributed by atoms with Crippen molar-refractivity contribution in [3.8, 4) is 0 Å². The zero-order valence-electron chi connectivity index (χ0n) is 35.9. The van der Waals surface area contributed by atoms with Crippen molar-refractivity contribution in [1.82, 2.24) is 0 Å². The van der Waals surface area contributed by atoms with Crippen LogP contribution in [-0.4, -0.2) is 87.4 Å². The zero-order valence-corrected chi connectivity index (χ0v) is 35.9. The summed E-state index contributed by atoms with van der Waals surface area (Å²) in [5.74, 6) is -2.01. The Morgan fingerprint density at radius 3 is 1.41 bits per heavy atom. The predicted octanol–water partition coefficient (Wildman–Crippen LogP) is 11.5. The van der Waals surface area contributed by atoms with E-state index in [1.165, 1.54) is 116 Å². The first-order chi connectivity index (χ1) is 26.1. The van der Waals surface area contributed by atoms with Gasteiger partial charge in [0.25, 0.3) is 6.29 Å². The molecule has 0 saturated carbocycles. The molecule has 0 aliphatic rings. The minimum Gasteiger partial charge on any atom is -0.477 e. The number of carboxylic acid groups (broad SMARTS) is 1. The number of nitrogens with zero attached hydrogens (tertiary/aromatic N) is 1. The fraction of sp³-hybridized carbons (Fsp3) is 0.889. The normalized spacial score (nSPS) is 13.0. The van der Waals surface area contributed by atoms with E-state index in [4.69, 9.17) is 18.9 Å². The second-order valence-corrected chi connectivity index (χ2v) is 16.4. The van der Waals surface area contributed by atoms with E-state index in [1.807, 2.05) is 21.1 Å². The van der Waals surface area contributed by atoms with Crippen molar-refractivity contribution < 1.29 is 42.9 Å². The minimum absolute atomic E-state index is 0.180. The number of allylic oxidation sites excluding steroid dienone is 2. The molecule has 0 amide bonds. The van der Waals surface area contributed by atoms with Crippen molar-refractivity contribution in [1.29, 1.82) is 0 Å². The van der Waals surface area contributed by atoms with Crippen molar-refractivity contribution in [2.45, 2.75) is 212 Å². The van der Waals surface area contributed by atoms with Crippen LogP contribution in [-0.2, 0) is 33.3 Å². The average Bonchev–Trinajstić information content (AvgIpc) is 3.12. The van der Waals surface area contributed by atoms with E-state index in [0.717, 1.165) is 51.4 Å². The first-order valence-corrected chi connectivity index (χ1v) is 22.4. The van der Waals surface area contributed by atoms with Gasteiger partial charge in [0.05, 0.1) is 34.4 Å². The molecule has 1 N–H and O–H groups in total. The molecule has 54 heavy (non-hydrogen) atoms. The summed E-state index contributed by atoms with van der Waals surface area (Å²) in [5, 5.41) is 9.62. The number of carbonyl (C=O) groups is 3. The second kappa shape index (κ2) is 37.9. The van der Waals surface area contributed by atoms with Crippen LogP contribution in [0.1, 0.15) is 200 Å². The highest BCUT2D eigenvalue weighted by Crippen LogP contribution is 2.15. The van der Waals surface area contributed by atoms with Crippen LogP contribution in [0.3, 0.4) is 0 Å². The van der Waals surface area contributed by atoms with Gasteiger partial charge < -0.3 is 28.5 Å². The molecule has 318 valence electrons. The minimum atomic E-state index is -1.51. The number of hydrogen-bond acceptors (Lipinski definition) is 7. The lowest BCUT2D eigenvalue weighted by atomic mass is 10.0. The van der Waals surface area contributed by atoms with E-state index in [1.54, 1.807) is 0 Å². The molecule has 0 bridgehead atoms. The highest BCUT2D eigenvalue weighted by molar-refractivity contribution is 5.71. The lowest BCUT2D eigenvalue weighted by Gasteiger charge is -2.25. The quantitative estimate of drug-likeness (QED) is 0.0215. The van der Waals surface area contributed by atoms with Gasteiger partial charge in [-0.25, -0.2) is 4.79 Å². The van der Waals surface area contributed by atoms with Crippen LogP contribution >= 0.6 is 0 Å². The third-order valence-corrected chi connectivity index (χ3v) is 9.77. The number of esters is 2. The summed E-state index contributed by atoms with van der Waals surface area (Å²) in [6, 6.07) is 0. The topological polar surface area (TPSA) is 108 Å². The number of quaternary nitrogens is 1. The summed E-state index contributed by atoms with van der Waals surface area (Å²) < 4.78 is 22.7. The van der Waals surface area contributed by atoms with Crippen LogP contribution < -0.4 is 0 Å². The van der Waals surface area contributed by atoms with Crippen LogP contribution in [0.2, 0.25) is 0 Å². The van der Waals surface area contributed by atoms with Gasteiger partial charge in [-0.05, 0) is 38.5 Å². The average molecular weight is 769 g/mol. The Balaban J connectivity index is 4.39. The van der Waals surface area contributed by atoms with E-state index in [2.05, 4.69) is 26.0 Å². The van der Waals surface area contributed by atoms with Crippen LogP contribution in [0.15, 0.2) is 12.2 Å². The summed E-state index contributed by atoms with van der Waals surface area (Å²) in [5.41, 5.74) is 0. The predicted molar refractivity (Wildman–Crippen MR) is 221 cm³/mol. The van der Waals surface area contributed by atoms with Gasteiger partial charge in [0.1, 0.15) is 13.2 Å².